The predicted molar refractivity (Wildman–Crippen MR) is 77.6 cm³/mol. The highest BCUT2D eigenvalue weighted by molar-refractivity contribution is 5.81. The fourth-order valence-electron chi connectivity index (χ4n) is 2.36. The summed E-state index contributed by atoms with van der Waals surface area (Å²) in [5.74, 6) is 0.952. The van der Waals surface area contributed by atoms with Crippen LogP contribution in [-0.4, -0.2) is 37.3 Å². The minimum absolute atomic E-state index is 0.224. The summed E-state index contributed by atoms with van der Waals surface area (Å²) >= 11 is 0. The molecule has 3 rings (SSSR count). The summed E-state index contributed by atoms with van der Waals surface area (Å²) < 4.78 is 5.67. The van der Waals surface area contributed by atoms with Crippen LogP contribution in [0.25, 0.3) is 10.9 Å². The Hall–Kier alpha value is -1.65. The second-order valence-electron chi connectivity index (χ2n) is 4.92. The number of fused-ring (bicyclic) bond motifs is 1. The fourth-order valence-corrected chi connectivity index (χ4v) is 2.36. The molecule has 2 aromatic rings. The molecule has 100 valence electrons. The molecule has 1 unspecified atom stereocenters. The van der Waals surface area contributed by atoms with E-state index in [2.05, 4.69) is 34.7 Å². The number of hydrogen-bond donors (Lipinski definition) is 2. The van der Waals surface area contributed by atoms with Gasteiger partial charge in [-0.3, -0.25) is 0 Å². The third-order valence-corrected chi connectivity index (χ3v) is 3.42. The van der Waals surface area contributed by atoms with E-state index >= 15 is 0 Å². The molecule has 1 atom stereocenters. The molecule has 1 aliphatic heterocycles. The number of rotatable bonds is 3. The van der Waals surface area contributed by atoms with E-state index in [0.717, 1.165) is 37.6 Å². The minimum Gasteiger partial charge on any atom is -0.374 e. The van der Waals surface area contributed by atoms with E-state index in [1.807, 2.05) is 18.2 Å². The summed E-state index contributed by atoms with van der Waals surface area (Å²) in [7, 11) is 0. The van der Waals surface area contributed by atoms with Crippen molar-refractivity contribution < 1.29 is 4.74 Å². The number of nitrogens with one attached hydrogen (secondary N) is 2. The molecule has 0 amide bonds. The zero-order valence-electron chi connectivity index (χ0n) is 11.1. The van der Waals surface area contributed by atoms with Crippen molar-refractivity contribution in [1.82, 2.24) is 10.3 Å². The number of aryl methyl sites for hydroxylation is 1. The van der Waals surface area contributed by atoms with E-state index in [4.69, 9.17) is 4.74 Å². The molecule has 19 heavy (non-hydrogen) atoms. The predicted octanol–water partition coefficient (Wildman–Crippen LogP) is 1.94. The second kappa shape index (κ2) is 5.55. The van der Waals surface area contributed by atoms with Crippen LogP contribution in [-0.2, 0) is 4.74 Å². The zero-order chi connectivity index (χ0) is 13.1. The highest BCUT2D eigenvalue weighted by Gasteiger charge is 2.13. The molecule has 0 radical (unpaired) electrons. The van der Waals surface area contributed by atoms with Gasteiger partial charge in [0.05, 0.1) is 18.2 Å². The molecule has 1 aliphatic rings. The molecule has 0 spiro atoms. The SMILES string of the molecule is Cc1cc2ccccc2nc1NCC1CNCCO1. The Kier molecular flexibility index (Phi) is 3.62. The van der Waals surface area contributed by atoms with E-state index in [-0.39, 0.29) is 6.10 Å². The lowest BCUT2D eigenvalue weighted by Crippen LogP contribution is -2.42. The number of benzene rings is 1. The van der Waals surface area contributed by atoms with Crippen LogP contribution in [0.2, 0.25) is 0 Å². The van der Waals surface area contributed by atoms with Gasteiger partial charge in [-0.05, 0) is 24.6 Å². The molecular weight excluding hydrogens is 238 g/mol. The maximum atomic E-state index is 5.67. The van der Waals surface area contributed by atoms with Gasteiger partial charge < -0.3 is 15.4 Å². The third-order valence-electron chi connectivity index (χ3n) is 3.42. The molecule has 1 aromatic heterocycles. The van der Waals surface area contributed by atoms with Crippen LogP contribution in [0.15, 0.2) is 30.3 Å². The molecule has 1 aromatic carbocycles. The lowest BCUT2D eigenvalue weighted by atomic mass is 10.1. The molecule has 2 N–H and O–H groups in total. The number of anilines is 1. The van der Waals surface area contributed by atoms with Crippen LogP contribution >= 0.6 is 0 Å². The first-order chi connectivity index (χ1) is 9.33. The van der Waals surface area contributed by atoms with Crippen LogP contribution in [0.4, 0.5) is 5.82 Å². The van der Waals surface area contributed by atoms with Crippen molar-refractivity contribution in [1.29, 1.82) is 0 Å². The van der Waals surface area contributed by atoms with E-state index in [1.165, 1.54) is 10.9 Å². The van der Waals surface area contributed by atoms with Crippen molar-refractivity contribution in [2.24, 2.45) is 0 Å². The Morgan fingerprint density at radius 2 is 2.32 bits per heavy atom. The summed E-state index contributed by atoms with van der Waals surface area (Å²) in [4.78, 5) is 4.67. The minimum atomic E-state index is 0.224. The van der Waals surface area contributed by atoms with Crippen LogP contribution in [0.3, 0.4) is 0 Å². The number of ether oxygens (including phenoxy) is 1. The van der Waals surface area contributed by atoms with Crippen LogP contribution in [0.5, 0.6) is 0 Å². The summed E-state index contributed by atoms with van der Waals surface area (Å²) in [6.07, 6.45) is 0.224. The topological polar surface area (TPSA) is 46.2 Å². The Morgan fingerprint density at radius 1 is 1.42 bits per heavy atom. The van der Waals surface area contributed by atoms with Crippen molar-refractivity contribution in [3.05, 3.63) is 35.9 Å². The van der Waals surface area contributed by atoms with Crippen LogP contribution < -0.4 is 10.6 Å². The molecule has 0 aliphatic carbocycles. The Morgan fingerprint density at radius 3 is 3.16 bits per heavy atom. The normalized spacial score (nSPS) is 19.5. The van der Waals surface area contributed by atoms with Gasteiger partial charge in [-0.25, -0.2) is 4.98 Å². The van der Waals surface area contributed by atoms with Gasteiger partial charge in [-0.15, -0.1) is 0 Å². The van der Waals surface area contributed by atoms with Gasteiger partial charge in [0.1, 0.15) is 5.82 Å². The van der Waals surface area contributed by atoms with Crippen LogP contribution in [0.1, 0.15) is 5.56 Å². The number of hydrogen-bond acceptors (Lipinski definition) is 4. The van der Waals surface area contributed by atoms with Gasteiger partial charge in [-0.1, -0.05) is 18.2 Å². The summed E-state index contributed by atoms with van der Waals surface area (Å²) in [5, 5.41) is 7.91. The molecule has 4 nitrogen and oxygen atoms in total. The standard InChI is InChI=1S/C15H19N3O/c1-11-8-12-4-2-3-5-14(12)18-15(11)17-10-13-9-16-6-7-19-13/h2-5,8,13,16H,6-7,9-10H2,1H3,(H,17,18). The van der Waals surface area contributed by atoms with Gasteiger partial charge in [-0.2, -0.15) is 0 Å². The number of morpholine rings is 1. The van der Waals surface area contributed by atoms with Gasteiger partial charge >= 0.3 is 0 Å². The van der Waals surface area contributed by atoms with Gasteiger partial charge in [0.2, 0.25) is 0 Å². The van der Waals surface area contributed by atoms with Crippen molar-refractivity contribution in [2.45, 2.75) is 13.0 Å². The lowest BCUT2D eigenvalue weighted by Gasteiger charge is -2.24. The highest BCUT2D eigenvalue weighted by Crippen LogP contribution is 2.19. The largest absolute Gasteiger partial charge is 0.374 e. The molecule has 1 saturated heterocycles. The van der Waals surface area contributed by atoms with E-state index in [9.17, 15) is 0 Å². The molecule has 1 fully saturated rings. The Bertz CT molecular complexity index is 564. The molecule has 0 saturated carbocycles. The number of para-hydroxylation sites is 1. The number of pyridine rings is 1. The lowest BCUT2D eigenvalue weighted by molar-refractivity contribution is 0.0372. The molecular formula is C15H19N3O. The average molecular weight is 257 g/mol. The first kappa shape index (κ1) is 12.4. The van der Waals surface area contributed by atoms with Gasteiger partial charge in [0.25, 0.3) is 0 Å². The number of nitrogens with zero attached hydrogens (tertiary/aromatic N) is 1. The van der Waals surface area contributed by atoms with Crippen LogP contribution in [0, 0.1) is 6.92 Å². The Labute approximate surface area is 113 Å². The quantitative estimate of drug-likeness (QED) is 0.882. The maximum absolute atomic E-state index is 5.67. The number of aromatic nitrogens is 1. The van der Waals surface area contributed by atoms with Crippen molar-refractivity contribution in [2.75, 3.05) is 31.6 Å². The summed E-state index contributed by atoms with van der Waals surface area (Å²) in [5.41, 5.74) is 2.20. The third kappa shape index (κ3) is 2.85. The van der Waals surface area contributed by atoms with E-state index < -0.39 is 0 Å². The van der Waals surface area contributed by atoms with Gasteiger partial charge in [0.15, 0.2) is 0 Å². The second-order valence-corrected chi connectivity index (χ2v) is 4.92. The summed E-state index contributed by atoms with van der Waals surface area (Å²) in [6, 6.07) is 10.4. The summed E-state index contributed by atoms with van der Waals surface area (Å²) in [6.45, 7) is 5.51. The van der Waals surface area contributed by atoms with E-state index in [1.54, 1.807) is 0 Å². The average Bonchev–Trinajstić information content (AvgIpc) is 2.46. The molecule has 2 heterocycles. The van der Waals surface area contributed by atoms with E-state index in [0.29, 0.717) is 0 Å². The zero-order valence-corrected chi connectivity index (χ0v) is 11.1. The van der Waals surface area contributed by atoms with Crippen molar-refractivity contribution >= 4 is 16.7 Å². The molecule has 4 heteroatoms. The molecule has 0 bridgehead atoms. The monoisotopic (exact) mass is 257 g/mol. The van der Waals surface area contributed by atoms with Gasteiger partial charge in [0, 0.05) is 25.0 Å². The highest BCUT2D eigenvalue weighted by atomic mass is 16.5. The fraction of sp³-hybridized carbons (Fsp3) is 0.400. The Balaban J connectivity index is 1.74. The first-order valence-corrected chi connectivity index (χ1v) is 6.75. The smallest absolute Gasteiger partial charge is 0.129 e. The maximum Gasteiger partial charge on any atom is 0.129 e. The first-order valence-electron chi connectivity index (χ1n) is 6.75. The van der Waals surface area contributed by atoms with Crippen molar-refractivity contribution in [3.63, 3.8) is 0 Å². The van der Waals surface area contributed by atoms with Crippen molar-refractivity contribution in [3.8, 4) is 0 Å².